The number of benzene rings is 1. The van der Waals surface area contributed by atoms with Crippen LogP contribution in [0.15, 0.2) is 42.6 Å². The number of rotatable bonds is 3. The van der Waals surface area contributed by atoms with Crippen LogP contribution in [0.2, 0.25) is 0 Å². The molecule has 6 heteroatoms. The highest BCUT2D eigenvalue weighted by Crippen LogP contribution is 2.16. The highest BCUT2D eigenvalue weighted by atomic mass is 19.1. The maximum absolute atomic E-state index is 12.8. The average Bonchev–Trinajstić information content (AvgIpc) is 2.46. The zero-order valence-corrected chi connectivity index (χ0v) is 10.6. The van der Waals surface area contributed by atoms with Crippen LogP contribution < -0.4 is 4.90 Å². The van der Waals surface area contributed by atoms with E-state index in [4.69, 9.17) is 5.11 Å². The van der Waals surface area contributed by atoms with Crippen LogP contribution in [0.4, 0.5) is 10.1 Å². The quantitative estimate of drug-likeness (QED) is 0.931. The fraction of sp³-hybridized carbons (Fsp3) is 0.0714. The number of carbonyl (C=O) groups excluding carboxylic acids is 1. The number of halogens is 1. The highest BCUT2D eigenvalue weighted by Gasteiger charge is 2.15. The molecule has 1 aromatic heterocycles. The first-order chi connectivity index (χ1) is 9.49. The van der Waals surface area contributed by atoms with Gasteiger partial charge in [-0.15, -0.1) is 0 Å². The number of aromatic nitrogens is 1. The van der Waals surface area contributed by atoms with Gasteiger partial charge in [-0.1, -0.05) is 0 Å². The summed E-state index contributed by atoms with van der Waals surface area (Å²) in [7, 11) is 1.53. The van der Waals surface area contributed by atoms with Crippen molar-refractivity contribution >= 4 is 17.6 Å². The Hall–Kier alpha value is -2.76. The summed E-state index contributed by atoms with van der Waals surface area (Å²) in [5.74, 6) is -1.96. The summed E-state index contributed by atoms with van der Waals surface area (Å²) in [5, 5.41) is 8.80. The predicted molar refractivity (Wildman–Crippen MR) is 70.3 cm³/mol. The fourth-order valence-electron chi connectivity index (χ4n) is 1.62. The maximum Gasteiger partial charge on any atom is 0.335 e. The van der Waals surface area contributed by atoms with Gasteiger partial charge in [0.1, 0.15) is 11.5 Å². The van der Waals surface area contributed by atoms with E-state index in [1.54, 1.807) is 0 Å². The molecule has 0 saturated heterocycles. The van der Waals surface area contributed by atoms with Crippen molar-refractivity contribution in [3.8, 4) is 0 Å². The van der Waals surface area contributed by atoms with E-state index in [0.717, 1.165) is 12.3 Å². The van der Waals surface area contributed by atoms with Gasteiger partial charge >= 0.3 is 5.97 Å². The van der Waals surface area contributed by atoms with Gasteiger partial charge in [0.2, 0.25) is 0 Å². The number of pyridine rings is 1. The van der Waals surface area contributed by atoms with Crippen LogP contribution in [-0.4, -0.2) is 29.0 Å². The molecule has 0 unspecified atom stereocenters. The number of anilines is 1. The van der Waals surface area contributed by atoms with Crippen LogP contribution >= 0.6 is 0 Å². The molecular weight excluding hydrogens is 263 g/mol. The van der Waals surface area contributed by atoms with Crippen LogP contribution in [0.25, 0.3) is 0 Å². The second kappa shape index (κ2) is 5.48. The van der Waals surface area contributed by atoms with Crippen molar-refractivity contribution in [1.29, 1.82) is 0 Å². The number of hydrogen-bond acceptors (Lipinski definition) is 3. The normalized spacial score (nSPS) is 10.1. The number of aromatic carboxylic acids is 1. The van der Waals surface area contributed by atoms with Crippen LogP contribution in [0.3, 0.4) is 0 Å². The number of carbonyl (C=O) groups is 2. The minimum absolute atomic E-state index is 0.108. The molecule has 5 nitrogen and oxygen atoms in total. The molecule has 2 rings (SSSR count). The standard InChI is InChI=1S/C14H11FN2O3/c1-17(11-5-2-9(3-6-11)14(19)20)13(18)12-7-4-10(15)8-16-12/h2-8H,1H3,(H,19,20). The molecule has 0 saturated carbocycles. The summed E-state index contributed by atoms with van der Waals surface area (Å²) < 4.78 is 12.8. The van der Waals surface area contributed by atoms with Gasteiger partial charge in [0.05, 0.1) is 11.8 Å². The Morgan fingerprint density at radius 3 is 2.30 bits per heavy atom. The first-order valence-corrected chi connectivity index (χ1v) is 5.72. The molecule has 1 amide bonds. The Balaban J connectivity index is 2.22. The molecule has 0 aliphatic heterocycles. The number of amides is 1. The smallest absolute Gasteiger partial charge is 0.335 e. The molecule has 1 N–H and O–H groups in total. The third kappa shape index (κ3) is 2.80. The van der Waals surface area contributed by atoms with Gasteiger partial charge in [0.15, 0.2) is 0 Å². The molecule has 20 heavy (non-hydrogen) atoms. The van der Waals surface area contributed by atoms with E-state index in [-0.39, 0.29) is 11.3 Å². The van der Waals surface area contributed by atoms with E-state index in [0.29, 0.717) is 5.69 Å². The lowest BCUT2D eigenvalue weighted by molar-refractivity contribution is 0.0696. The van der Waals surface area contributed by atoms with Gasteiger partial charge in [0.25, 0.3) is 5.91 Å². The monoisotopic (exact) mass is 274 g/mol. The van der Waals surface area contributed by atoms with Crippen molar-refractivity contribution < 1.29 is 19.1 Å². The molecular formula is C14H11FN2O3. The van der Waals surface area contributed by atoms with E-state index >= 15 is 0 Å². The molecule has 1 heterocycles. The summed E-state index contributed by atoms with van der Waals surface area (Å²) in [6.07, 6.45) is 0.967. The largest absolute Gasteiger partial charge is 0.478 e. The third-order valence-electron chi connectivity index (χ3n) is 2.75. The van der Waals surface area contributed by atoms with E-state index in [9.17, 15) is 14.0 Å². The van der Waals surface area contributed by atoms with Gasteiger partial charge in [-0.2, -0.15) is 0 Å². The van der Waals surface area contributed by atoms with Crippen molar-refractivity contribution in [2.75, 3.05) is 11.9 Å². The lowest BCUT2D eigenvalue weighted by Gasteiger charge is -2.16. The van der Waals surface area contributed by atoms with E-state index in [2.05, 4.69) is 4.98 Å². The summed E-state index contributed by atoms with van der Waals surface area (Å²) >= 11 is 0. The van der Waals surface area contributed by atoms with Gasteiger partial charge < -0.3 is 10.0 Å². The van der Waals surface area contributed by atoms with Crippen molar-refractivity contribution in [3.05, 3.63) is 59.7 Å². The first kappa shape index (κ1) is 13.7. The molecule has 0 atom stereocenters. The Morgan fingerprint density at radius 2 is 1.80 bits per heavy atom. The molecule has 0 bridgehead atoms. The molecule has 102 valence electrons. The van der Waals surface area contributed by atoms with Crippen molar-refractivity contribution in [2.45, 2.75) is 0 Å². The fourth-order valence-corrected chi connectivity index (χ4v) is 1.62. The average molecular weight is 274 g/mol. The Labute approximate surface area is 114 Å². The number of hydrogen-bond donors (Lipinski definition) is 1. The number of carboxylic acid groups (broad SMARTS) is 1. The molecule has 0 aliphatic rings. The van der Waals surface area contributed by atoms with Crippen molar-refractivity contribution in [3.63, 3.8) is 0 Å². The molecule has 0 aliphatic carbocycles. The van der Waals surface area contributed by atoms with Crippen molar-refractivity contribution in [1.82, 2.24) is 4.98 Å². The number of carboxylic acids is 1. The lowest BCUT2D eigenvalue weighted by atomic mass is 10.2. The van der Waals surface area contributed by atoms with E-state index < -0.39 is 17.7 Å². The van der Waals surface area contributed by atoms with Crippen LogP contribution in [0, 0.1) is 5.82 Å². The summed E-state index contributed by atoms with van der Waals surface area (Å²) in [6.45, 7) is 0. The first-order valence-electron chi connectivity index (χ1n) is 5.72. The molecule has 0 spiro atoms. The Kier molecular flexibility index (Phi) is 3.74. The Morgan fingerprint density at radius 1 is 1.15 bits per heavy atom. The van der Waals surface area contributed by atoms with Gasteiger partial charge in [0, 0.05) is 12.7 Å². The topological polar surface area (TPSA) is 70.5 Å². The number of nitrogens with zero attached hydrogens (tertiary/aromatic N) is 2. The SMILES string of the molecule is CN(C(=O)c1ccc(F)cn1)c1ccc(C(=O)O)cc1. The Bertz CT molecular complexity index is 638. The van der Waals surface area contributed by atoms with Crippen molar-refractivity contribution in [2.24, 2.45) is 0 Å². The summed E-state index contributed by atoms with van der Waals surface area (Å²) in [5.41, 5.74) is 0.761. The van der Waals surface area contributed by atoms with Crippen LogP contribution in [0.5, 0.6) is 0 Å². The molecule has 0 fully saturated rings. The second-order valence-corrected chi connectivity index (χ2v) is 4.08. The minimum Gasteiger partial charge on any atom is -0.478 e. The van der Waals surface area contributed by atoms with Crippen LogP contribution in [-0.2, 0) is 0 Å². The van der Waals surface area contributed by atoms with Crippen LogP contribution in [0.1, 0.15) is 20.8 Å². The maximum atomic E-state index is 12.8. The minimum atomic E-state index is -1.04. The van der Waals surface area contributed by atoms with E-state index in [1.807, 2.05) is 0 Å². The van der Waals surface area contributed by atoms with Gasteiger partial charge in [-0.3, -0.25) is 4.79 Å². The zero-order valence-electron chi connectivity index (χ0n) is 10.6. The molecule has 2 aromatic rings. The molecule has 0 radical (unpaired) electrons. The highest BCUT2D eigenvalue weighted by molar-refractivity contribution is 6.04. The lowest BCUT2D eigenvalue weighted by Crippen LogP contribution is -2.27. The molecule has 1 aromatic carbocycles. The predicted octanol–water partition coefficient (Wildman–Crippen LogP) is 2.20. The third-order valence-corrected chi connectivity index (χ3v) is 2.75. The summed E-state index contributed by atoms with van der Waals surface area (Å²) in [4.78, 5) is 27.9. The second-order valence-electron chi connectivity index (χ2n) is 4.08. The van der Waals surface area contributed by atoms with E-state index in [1.165, 1.54) is 42.3 Å². The zero-order chi connectivity index (χ0) is 14.7. The van der Waals surface area contributed by atoms with Gasteiger partial charge in [-0.05, 0) is 36.4 Å². The summed E-state index contributed by atoms with van der Waals surface area (Å²) in [6, 6.07) is 8.29. The van der Waals surface area contributed by atoms with Gasteiger partial charge in [-0.25, -0.2) is 14.2 Å².